The molecule has 164 valence electrons. The molecule has 1 aromatic heterocycles. The number of alkyl halides is 3. The Labute approximate surface area is 181 Å². The minimum Gasteiger partial charge on any atom is -0.383 e. The number of nitrogen functional groups attached to an aromatic ring is 1. The molecule has 30 heavy (non-hydrogen) atoms. The number of amidine groups is 1. The van der Waals surface area contributed by atoms with Crippen molar-refractivity contribution in [3.8, 4) is 5.69 Å². The number of anilines is 1. The van der Waals surface area contributed by atoms with Crippen molar-refractivity contribution < 1.29 is 22.2 Å². The smallest absolute Gasteiger partial charge is 0.383 e. The van der Waals surface area contributed by atoms with Crippen LogP contribution in [0.2, 0.25) is 10.0 Å². The van der Waals surface area contributed by atoms with E-state index in [4.69, 9.17) is 34.7 Å². The molecule has 2 aromatic rings. The van der Waals surface area contributed by atoms with Gasteiger partial charge in [-0.15, -0.1) is 0 Å². The topological polar surface area (TPSA) is 128 Å². The molecule has 0 radical (unpaired) electrons. The molecular weight excluding hydrogens is 468 g/mol. The van der Waals surface area contributed by atoms with Crippen LogP contribution in [0, 0.1) is 5.92 Å². The number of halogens is 5. The molecule has 0 aliphatic heterocycles. The van der Waals surface area contributed by atoms with Crippen molar-refractivity contribution in [2.75, 3.05) is 12.0 Å². The standard InChI is InChI=1S/C16H17Cl2F3N6O2S/c1-6(2)15(28)25-24-13(22)10-12(30(3)29)14(23)27(26-10)11-8(17)4-7(5-9(11)18)16(19,20)21/h4-6H,23H2,1-3H3,(H2,22,24)(H,25,28). The minimum atomic E-state index is -4.67. The van der Waals surface area contributed by atoms with Crippen LogP contribution in [0.1, 0.15) is 25.1 Å². The molecular formula is C16H17Cl2F3N6O2S. The fourth-order valence-corrected chi connectivity index (χ4v) is 3.71. The van der Waals surface area contributed by atoms with Crippen molar-refractivity contribution in [2.24, 2.45) is 16.8 Å². The van der Waals surface area contributed by atoms with Gasteiger partial charge >= 0.3 is 6.18 Å². The van der Waals surface area contributed by atoms with Crippen LogP contribution in [-0.4, -0.2) is 32.0 Å². The SMILES string of the molecule is CC(C)C(=O)NN=C(N)c1nn(-c2c(Cl)cc(C(F)(F)F)cc2Cl)c(N)c1S(C)=O. The summed E-state index contributed by atoms with van der Waals surface area (Å²) in [5, 5.41) is 7.00. The van der Waals surface area contributed by atoms with Crippen LogP contribution in [0.4, 0.5) is 19.0 Å². The molecule has 5 N–H and O–H groups in total. The molecule has 0 aliphatic carbocycles. The zero-order valence-corrected chi connectivity index (χ0v) is 18.2. The predicted octanol–water partition coefficient (Wildman–Crippen LogP) is 2.91. The first-order chi connectivity index (χ1) is 13.8. The lowest BCUT2D eigenvalue weighted by molar-refractivity contribution is -0.137. The summed E-state index contributed by atoms with van der Waals surface area (Å²) in [6, 6.07) is 1.32. The quantitative estimate of drug-likeness (QED) is 0.341. The van der Waals surface area contributed by atoms with E-state index in [1.807, 2.05) is 0 Å². The van der Waals surface area contributed by atoms with Crippen molar-refractivity contribution in [2.45, 2.75) is 24.9 Å². The molecule has 1 atom stereocenters. The lowest BCUT2D eigenvalue weighted by Gasteiger charge is -2.13. The summed E-state index contributed by atoms with van der Waals surface area (Å²) >= 11 is 12.0. The number of rotatable bonds is 5. The molecule has 2 rings (SSSR count). The third-order valence-electron chi connectivity index (χ3n) is 3.77. The Hall–Kier alpha value is -2.31. The first-order valence-electron chi connectivity index (χ1n) is 8.17. The summed E-state index contributed by atoms with van der Waals surface area (Å²) in [5.41, 5.74) is 12.7. The van der Waals surface area contributed by atoms with E-state index in [0.717, 1.165) is 4.68 Å². The molecule has 14 heteroatoms. The van der Waals surface area contributed by atoms with Gasteiger partial charge in [0.2, 0.25) is 5.91 Å². The first kappa shape index (κ1) is 24.0. The number of nitrogens with zero attached hydrogens (tertiary/aromatic N) is 3. The number of amides is 1. The van der Waals surface area contributed by atoms with Gasteiger partial charge < -0.3 is 11.5 Å². The van der Waals surface area contributed by atoms with Crippen molar-refractivity contribution in [3.63, 3.8) is 0 Å². The largest absolute Gasteiger partial charge is 0.416 e. The van der Waals surface area contributed by atoms with Crippen LogP contribution >= 0.6 is 23.2 Å². The molecule has 0 saturated heterocycles. The lowest BCUT2D eigenvalue weighted by Crippen LogP contribution is -2.27. The van der Waals surface area contributed by atoms with Gasteiger partial charge in [0.25, 0.3) is 0 Å². The highest BCUT2D eigenvalue weighted by Crippen LogP contribution is 2.39. The molecule has 0 bridgehead atoms. The van der Waals surface area contributed by atoms with Gasteiger partial charge in [-0.25, -0.2) is 10.1 Å². The maximum atomic E-state index is 13.0. The van der Waals surface area contributed by atoms with E-state index in [1.165, 1.54) is 6.26 Å². The fraction of sp³-hybridized carbons (Fsp3) is 0.312. The number of benzene rings is 1. The van der Waals surface area contributed by atoms with Crippen molar-refractivity contribution >= 4 is 51.6 Å². The molecule has 8 nitrogen and oxygen atoms in total. The van der Waals surface area contributed by atoms with Crippen LogP contribution in [0.5, 0.6) is 0 Å². The number of hydrogen-bond donors (Lipinski definition) is 3. The highest BCUT2D eigenvalue weighted by Gasteiger charge is 2.33. The summed E-state index contributed by atoms with van der Waals surface area (Å²) in [6.07, 6.45) is -3.38. The molecule has 0 aliphatic rings. The van der Waals surface area contributed by atoms with Crippen molar-refractivity contribution in [1.82, 2.24) is 15.2 Å². The van der Waals surface area contributed by atoms with E-state index in [2.05, 4.69) is 15.6 Å². The van der Waals surface area contributed by atoms with E-state index in [9.17, 15) is 22.2 Å². The van der Waals surface area contributed by atoms with Crippen molar-refractivity contribution in [3.05, 3.63) is 33.4 Å². The van der Waals surface area contributed by atoms with Gasteiger partial charge in [-0.05, 0) is 12.1 Å². The summed E-state index contributed by atoms with van der Waals surface area (Å²) in [4.78, 5) is 11.6. The minimum absolute atomic E-state index is 0.0536. The van der Waals surface area contributed by atoms with Crippen LogP contribution in [0.3, 0.4) is 0 Å². The zero-order chi connectivity index (χ0) is 23.0. The summed E-state index contributed by atoms with van der Waals surface area (Å²) in [6.45, 7) is 3.27. The maximum absolute atomic E-state index is 13.0. The van der Waals surface area contributed by atoms with E-state index in [0.29, 0.717) is 12.1 Å². The van der Waals surface area contributed by atoms with Crippen LogP contribution in [0.25, 0.3) is 5.69 Å². The Bertz CT molecular complexity index is 1030. The number of aromatic nitrogens is 2. The highest BCUT2D eigenvalue weighted by atomic mass is 35.5. The Morgan fingerprint density at radius 1 is 1.30 bits per heavy atom. The van der Waals surface area contributed by atoms with Gasteiger partial charge in [0, 0.05) is 12.2 Å². The molecule has 1 amide bonds. The molecule has 1 heterocycles. The van der Waals surface area contributed by atoms with Crippen LogP contribution < -0.4 is 16.9 Å². The first-order valence-corrected chi connectivity index (χ1v) is 10.5. The highest BCUT2D eigenvalue weighted by molar-refractivity contribution is 7.84. The third kappa shape index (κ3) is 4.87. The lowest BCUT2D eigenvalue weighted by atomic mass is 10.2. The van der Waals surface area contributed by atoms with Gasteiger partial charge in [-0.1, -0.05) is 37.0 Å². The third-order valence-corrected chi connectivity index (χ3v) is 5.33. The number of hydrazone groups is 1. The second-order valence-corrected chi connectivity index (χ2v) is 8.47. The van der Waals surface area contributed by atoms with Gasteiger partial charge in [0.15, 0.2) is 5.84 Å². The summed E-state index contributed by atoms with van der Waals surface area (Å²) in [5.74, 6) is -1.35. The average Bonchev–Trinajstić information content (AvgIpc) is 2.95. The monoisotopic (exact) mass is 484 g/mol. The van der Waals surface area contributed by atoms with E-state index in [-0.39, 0.29) is 33.8 Å². The summed E-state index contributed by atoms with van der Waals surface area (Å²) < 4.78 is 52.1. The van der Waals surface area contributed by atoms with E-state index in [1.54, 1.807) is 13.8 Å². The Morgan fingerprint density at radius 2 is 1.83 bits per heavy atom. The van der Waals surface area contributed by atoms with E-state index < -0.39 is 38.5 Å². The average molecular weight is 485 g/mol. The van der Waals surface area contributed by atoms with Crippen LogP contribution in [-0.2, 0) is 21.8 Å². The number of hydrogen-bond acceptors (Lipinski definition) is 5. The van der Waals surface area contributed by atoms with Crippen molar-refractivity contribution in [1.29, 1.82) is 0 Å². The molecule has 0 saturated carbocycles. The molecule has 0 fully saturated rings. The zero-order valence-electron chi connectivity index (χ0n) is 15.8. The Kier molecular flexibility index (Phi) is 7.05. The number of carbonyl (C=O) groups excluding carboxylic acids is 1. The van der Waals surface area contributed by atoms with Crippen LogP contribution in [0.15, 0.2) is 22.1 Å². The summed E-state index contributed by atoms with van der Waals surface area (Å²) in [7, 11) is -1.73. The van der Waals surface area contributed by atoms with Gasteiger partial charge in [0.1, 0.15) is 22.1 Å². The fourth-order valence-electron chi connectivity index (χ4n) is 2.27. The normalized spacial score (nSPS) is 13.6. The number of carbonyl (C=O) groups is 1. The maximum Gasteiger partial charge on any atom is 0.416 e. The van der Waals surface area contributed by atoms with Gasteiger partial charge in [-0.3, -0.25) is 9.00 Å². The second-order valence-electron chi connectivity index (χ2n) is 6.34. The predicted molar refractivity (Wildman–Crippen MR) is 109 cm³/mol. The molecule has 0 spiro atoms. The molecule has 1 aromatic carbocycles. The Balaban J connectivity index is 2.65. The second kappa shape index (κ2) is 8.82. The number of nitrogens with one attached hydrogen (secondary N) is 1. The van der Waals surface area contributed by atoms with Gasteiger partial charge in [-0.2, -0.15) is 23.4 Å². The molecule has 1 unspecified atom stereocenters. The number of nitrogens with two attached hydrogens (primary N) is 2. The van der Waals surface area contributed by atoms with E-state index >= 15 is 0 Å². The van der Waals surface area contributed by atoms with Gasteiger partial charge in [0.05, 0.1) is 26.4 Å². The Morgan fingerprint density at radius 3 is 2.27 bits per heavy atom.